The molecule has 12 heavy (non-hydrogen) atoms. The van der Waals surface area contributed by atoms with E-state index in [9.17, 15) is 0 Å². The van der Waals surface area contributed by atoms with Gasteiger partial charge in [-0.3, -0.25) is 0 Å². The maximum Gasteiger partial charge on any atom is 0.244 e. The van der Waals surface area contributed by atoms with Gasteiger partial charge in [0.05, 0.1) is 0 Å². The Labute approximate surface area is 89.6 Å². The molecule has 0 saturated carbocycles. The quantitative estimate of drug-likeness (QED) is 0.430. The molecule has 0 fully saturated rings. The first kappa shape index (κ1) is 10.4. The van der Waals surface area contributed by atoms with E-state index in [1.807, 2.05) is 6.92 Å². The second kappa shape index (κ2) is 4.01. The van der Waals surface area contributed by atoms with Gasteiger partial charge in [-0.15, -0.1) is 0 Å². The van der Waals surface area contributed by atoms with Crippen LogP contribution in [0.5, 0.6) is 0 Å². The van der Waals surface area contributed by atoms with Gasteiger partial charge in [0.1, 0.15) is 0 Å². The number of nitrogens with zero attached hydrogens (tertiary/aromatic N) is 2. The molecular formula is C6H5Cl3N2S. The molecule has 0 aromatic carbocycles. The van der Waals surface area contributed by atoms with Crippen molar-refractivity contribution in [2.45, 2.75) is 15.2 Å². The van der Waals surface area contributed by atoms with E-state index in [-0.39, 0.29) is 0 Å². The minimum atomic E-state index is -1.40. The van der Waals surface area contributed by atoms with E-state index in [0.717, 1.165) is 17.5 Å². The third-order valence-electron chi connectivity index (χ3n) is 0.980. The summed E-state index contributed by atoms with van der Waals surface area (Å²) in [5, 5.41) is 0.468. The van der Waals surface area contributed by atoms with E-state index in [1.165, 1.54) is 0 Å². The molecule has 0 atom stereocenters. The predicted molar refractivity (Wildman–Crippen MR) is 52.9 cm³/mol. The van der Waals surface area contributed by atoms with Crippen LogP contribution in [0.4, 0.5) is 0 Å². The zero-order valence-electron chi connectivity index (χ0n) is 6.09. The van der Waals surface area contributed by atoms with E-state index >= 15 is 0 Å². The van der Waals surface area contributed by atoms with Crippen LogP contribution in [0.2, 0.25) is 0 Å². The van der Waals surface area contributed by atoms with Gasteiger partial charge in [-0.2, -0.15) is 0 Å². The minimum Gasteiger partial charge on any atom is -0.231 e. The van der Waals surface area contributed by atoms with Crippen LogP contribution in [0.25, 0.3) is 0 Å². The van der Waals surface area contributed by atoms with Crippen molar-refractivity contribution in [3.8, 4) is 0 Å². The second-order valence-corrected chi connectivity index (χ2v) is 6.16. The molecule has 0 N–H and O–H groups in total. The second-order valence-electron chi connectivity index (χ2n) is 2.03. The van der Waals surface area contributed by atoms with Gasteiger partial charge < -0.3 is 0 Å². The summed E-state index contributed by atoms with van der Waals surface area (Å²) in [4.78, 5) is 7.98. The predicted octanol–water partition coefficient (Wildman–Crippen LogP) is 3.20. The Morgan fingerprint density at radius 2 is 2.08 bits per heavy atom. The van der Waals surface area contributed by atoms with Gasteiger partial charge in [-0.05, 0) is 24.8 Å². The van der Waals surface area contributed by atoms with E-state index in [4.69, 9.17) is 34.8 Å². The molecule has 1 aromatic rings. The number of thioether (sulfide) groups is 1. The molecule has 0 aliphatic heterocycles. The van der Waals surface area contributed by atoms with Crippen LogP contribution < -0.4 is 0 Å². The SMILES string of the molecule is Cc1ccnc(SC(Cl)(Cl)Cl)n1. The molecule has 6 heteroatoms. The fourth-order valence-corrected chi connectivity index (χ4v) is 1.71. The third kappa shape index (κ3) is 3.81. The molecule has 2 nitrogen and oxygen atoms in total. The van der Waals surface area contributed by atoms with Crippen molar-refractivity contribution in [3.63, 3.8) is 0 Å². The van der Waals surface area contributed by atoms with Crippen molar-refractivity contribution >= 4 is 46.6 Å². The van der Waals surface area contributed by atoms with Crippen LogP contribution in [-0.2, 0) is 0 Å². The van der Waals surface area contributed by atoms with Crippen molar-refractivity contribution in [2.75, 3.05) is 0 Å². The molecule has 1 rings (SSSR count). The summed E-state index contributed by atoms with van der Waals surface area (Å²) in [6.07, 6.45) is 1.63. The Hall–Kier alpha value is 0.300. The number of halogens is 3. The maximum atomic E-state index is 5.53. The summed E-state index contributed by atoms with van der Waals surface area (Å²) in [5.41, 5.74) is 0.849. The lowest BCUT2D eigenvalue weighted by Crippen LogP contribution is -1.97. The van der Waals surface area contributed by atoms with Crippen LogP contribution in [0.3, 0.4) is 0 Å². The summed E-state index contributed by atoms with van der Waals surface area (Å²) >= 11 is 17.6. The highest BCUT2D eigenvalue weighted by atomic mass is 35.6. The lowest BCUT2D eigenvalue weighted by Gasteiger charge is -2.07. The Bertz CT molecular complexity index is 274. The molecule has 0 bridgehead atoms. The summed E-state index contributed by atoms with van der Waals surface area (Å²) in [7, 11) is 0. The molecule has 0 amide bonds. The summed E-state index contributed by atoms with van der Waals surface area (Å²) in [5.74, 6) is 0. The van der Waals surface area contributed by atoms with E-state index < -0.39 is 3.12 Å². The van der Waals surface area contributed by atoms with Crippen LogP contribution in [-0.4, -0.2) is 13.1 Å². The topological polar surface area (TPSA) is 25.8 Å². The Kier molecular flexibility index (Phi) is 3.47. The highest BCUT2D eigenvalue weighted by Crippen LogP contribution is 2.41. The fourth-order valence-electron chi connectivity index (χ4n) is 0.579. The summed E-state index contributed by atoms with van der Waals surface area (Å²) < 4.78 is -1.40. The Balaban J connectivity index is 2.77. The molecule has 0 spiro atoms. The third-order valence-corrected chi connectivity index (χ3v) is 2.28. The monoisotopic (exact) mass is 242 g/mol. The van der Waals surface area contributed by atoms with Gasteiger partial charge >= 0.3 is 0 Å². The van der Waals surface area contributed by atoms with Gasteiger partial charge in [-0.1, -0.05) is 34.8 Å². The molecule has 1 heterocycles. The van der Waals surface area contributed by atoms with Crippen LogP contribution in [0, 0.1) is 6.92 Å². The van der Waals surface area contributed by atoms with Gasteiger partial charge in [0.15, 0.2) is 5.16 Å². The minimum absolute atomic E-state index is 0.468. The molecule has 1 aromatic heterocycles. The van der Waals surface area contributed by atoms with Crippen LogP contribution >= 0.6 is 46.6 Å². The fraction of sp³-hybridized carbons (Fsp3) is 0.333. The number of alkyl halides is 3. The van der Waals surface area contributed by atoms with Crippen molar-refractivity contribution in [2.24, 2.45) is 0 Å². The van der Waals surface area contributed by atoms with E-state index in [0.29, 0.717) is 5.16 Å². The standard InChI is InChI=1S/C6H5Cl3N2S/c1-4-2-3-10-5(11-4)12-6(7,8)9/h2-3H,1H3. The van der Waals surface area contributed by atoms with Gasteiger partial charge in [0.2, 0.25) is 3.12 Å². The van der Waals surface area contributed by atoms with Crippen molar-refractivity contribution in [1.82, 2.24) is 9.97 Å². The van der Waals surface area contributed by atoms with Crippen LogP contribution in [0.1, 0.15) is 5.69 Å². The maximum absolute atomic E-state index is 5.53. The van der Waals surface area contributed by atoms with E-state index in [2.05, 4.69) is 9.97 Å². The lowest BCUT2D eigenvalue weighted by molar-refractivity contribution is 0.933. The highest BCUT2D eigenvalue weighted by Gasteiger charge is 2.22. The largest absolute Gasteiger partial charge is 0.244 e. The smallest absolute Gasteiger partial charge is 0.231 e. The number of hydrogen-bond donors (Lipinski definition) is 0. The number of aryl methyl sites for hydroxylation is 1. The number of hydrogen-bond acceptors (Lipinski definition) is 3. The first-order valence-electron chi connectivity index (χ1n) is 3.03. The molecule has 0 radical (unpaired) electrons. The van der Waals surface area contributed by atoms with Gasteiger partial charge in [0.25, 0.3) is 0 Å². The molecule has 0 aliphatic carbocycles. The molecular weight excluding hydrogens is 239 g/mol. The van der Waals surface area contributed by atoms with Crippen molar-refractivity contribution < 1.29 is 0 Å². The zero-order valence-corrected chi connectivity index (χ0v) is 9.18. The zero-order chi connectivity index (χ0) is 9.19. The van der Waals surface area contributed by atoms with Gasteiger partial charge in [-0.25, -0.2) is 9.97 Å². The summed E-state index contributed by atoms with van der Waals surface area (Å²) in [6.45, 7) is 1.85. The average molecular weight is 244 g/mol. The number of rotatable bonds is 1. The van der Waals surface area contributed by atoms with E-state index in [1.54, 1.807) is 12.3 Å². The first-order valence-corrected chi connectivity index (χ1v) is 4.98. The molecule has 0 saturated heterocycles. The van der Waals surface area contributed by atoms with Crippen LogP contribution in [0.15, 0.2) is 17.4 Å². The summed E-state index contributed by atoms with van der Waals surface area (Å²) in [6, 6.07) is 1.78. The average Bonchev–Trinajstić information content (AvgIpc) is 1.82. The first-order chi connectivity index (χ1) is 5.47. The molecule has 66 valence electrons. The van der Waals surface area contributed by atoms with Crippen molar-refractivity contribution in [3.05, 3.63) is 18.0 Å². The highest BCUT2D eigenvalue weighted by molar-refractivity contribution is 8.04. The van der Waals surface area contributed by atoms with Crippen molar-refractivity contribution in [1.29, 1.82) is 0 Å². The molecule has 0 aliphatic rings. The molecule has 0 unspecified atom stereocenters. The van der Waals surface area contributed by atoms with Gasteiger partial charge in [0, 0.05) is 11.9 Å². The Morgan fingerprint density at radius 1 is 1.42 bits per heavy atom. The lowest BCUT2D eigenvalue weighted by atomic mass is 10.5. The normalized spacial score (nSPS) is 11.7. The Morgan fingerprint density at radius 3 is 2.58 bits per heavy atom. The number of aromatic nitrogens is 2.